The molecule has 102 valence electrons. The van der Waals surface area contributed by atoms with Crippen LogP contribution >= 0.6 is 31.9 Å². The van der Waals surface area contributed by atoms with Crippen LogP contribution in [-0.4, -0.2) is 22.2 Å². The van der Waals surface area contributed by atoms with Gasteiger partial charge in [-0.1, -0.05) is 15.9 Å². The summed E-state index contributed by atoms with van der Waals surface area (Å²) >= 11 is 6.79. The molecule has 0 unspecified atom stereocenters. The minimum Gasteiger partial charge on any atom is -0.493 e. The van der Waals surface area contributed by atoms with Crippen LogP contribution in [0, 0.1) is 0 Å². The molecule has 2 rings (SSSR count). The maximum Gasteiger partial charge on any atom is 0.338 e. The first kappa shape index (κ1) is 14.4. The van der Waals surface area contributed by atoms with E-state index in [1.807, 2.05) is 24.6 Å². The van der Waals surface area contributed by atoms with E-state index in [1.165, 1.54) is 0 Å². The SMILES string of the molecule is CCOc1cc2c(C(=O)O)c(CBr)n(C)c2cc1Br. The Hall–Kier alpha value is -1.01. The number of hydrogen-bond acceptors (Lipinski definition) is 2. The first-order valence-corrected chi connectivity index (χ1v) is 7.65. The zero-order valence-electron chi connectivity index (χ0n) is 10.5. The van der Waals surface area contributed by atoms with Gasteiger partial charge in [0, 0.05) is 23.5 Å². The second-order valence-electron chi connectivity index (χ2n) is 4.05. The predicted octanol–water partition coefficient (Wildman–Crippen LogP) is 3.93. The van der Waals surface area contributed by atoms with Crippen molar-refractivity contribution in [3.63, 3.8) is 0 Å². The molecule has 0 saturated carbocycles. The standard InChI is InChI=1S/C13H13Br2NO3/c1-3-19-11-4-7-9(5-8(11)15)16(2)10(6-14)12(7)13(17)18/h4-5H,3,6H2,1-2H3,(H,17,18). The lowest BCUT2D eigenvalue weighted by molar-refractivity contribution is 0.0698. The number of aryl methyl sites for hydroxylation is 1. The van der Waals surface area contributed by atoms with Crippen molar-refractivity contribution in [1.82, 2.24) is 4.57 Å². The van der Waals surface area contributed by atoms with Gasteiger partial charge in [-0.05, 0) is 35.0 Å². The molecule has 1 N–H and O–H groups in total. The zero-order valence-corrected chi connectivity index (χ0v) is 13.7. The van der Waals surface area contributed by atoms with Crippen LogP contribution in [0.2, 0.25) is 0 Å². The average Bonchev–Trinajstić information content (AvgIpc) is 2.63. The Labute approximate surface area is 127 Å². The van der Waals surface area contributed by atoms with Gasteiger partial charge in [-0.2, -0.15) is 0 Å². The van der Waals surface area contributed by atoms with Gasteiger partial charge in [-0.15, -0.1) is 0 Å². The summed E-state index contributed by atoms with van der Waals surface area (Å²) in [6, 6.07) is 3.66. The highest BCUT2D eigenvalue weighted by Crippen LogP contribution is 2.35. The van der Waals surface area contributed by atoms with Crippen molar-refractivity contribution < 1.29 is 14.6 Å². The lowest BCUT2D eigenvalue weighted by Gasteiger charge is -2.07. The number of carboxylic acids is 1. The van der Waals surface area contributed by atoms with Gasteiger partial charge >= 0.3 is 5.97 Å². The molecular formula is C13H13Br2NO3. The largest absolute Gasteiger partial charge is 0.493 e. The van der Waals surface area contributed by atoms with Crippen molar-refractivity contribution in [3.8, 4) is 5.75 Å². The third-order valence-electron chi connectivity index (χ3n) is 3.01. The maximum atomic E-state index is 11.5. The summed E-state index contributed by atoms with van der Waals surface area (Å²) in [4.78, 5) is 11.5. The fourth-order valence-corrected chi connectivity index (χ4v) is 3.25. The molecule has 0 saturated heterocycles. The molecule has 1 aromatic heterocycles. The predicted molar refractivity (Wildman–Crippen MR) is 81.4 cm³/mol. The molecule has 0 amide bonds. The summed E-state index contributed by atoms with van der Waals surface area (Å²) in [7, 11) is 1.86. The van der Waals surface area contributed by atoms with Gasteiger partial charge in [0.15, 0.2) is 0 Å². The molecule has 0 radical (unpaired) electrons. The number of nitrogens with zero attached hydrogens (tertiary/aromatic N) is 1. The number of carboxylic acid groups (broad SMARTS) is 1. The zero-order chi connectivity index (χ0) is 14.2. The first-order valence-electron chi connectivity index (χ1n) is 5.74. The Morgan fingerprint density at radius 3 is 2.68 bits per heavy atom. The number of alkyl halides is 1. The summed E-state index contributed by atoms with van der Waals surface area (Å²) in [6.45, 7) is 2.42. The van der Waals surface area contributed by atoms with E-state index in [-0.39, 0.29) is 0 Å². The van der Waals surface area contributed by atoms with E-state index in [0.29, 0.717) is 28.6 Å². The third-order valence-corrected chi connectivity index (χ3v) is 4.17. The number of fused-ring (bicyclic) bond motifs is 1. The minimum absolute atomic E-state index is 0.322. The molecular weight excluding hydrogens is 378 g/mol. The van der Waals surface area contributed by atoms with Gasteiger partial charge in [0.2, 0.25) is 0 Å². The monoisotopic (exact) mass is 389 g/mol. The fraction of sp³-hybridized carbons (Fsp3) is 0.308. The molecule has 0 fully saturated rings. The topological polar surface area (TPSA) is 51.5 Å². The smallest absolute Gasteiger partial charge is 0.338 e. The number of rotatable bonds is 4. The van der Waals surface area contributed by atoms with E-state index >= 15 is 0 Å². The summed E-state index contributed by atoms with van der Waals surface area (Å²) in [6.07, 6.45) is 0. The van der Waals surface area contributed by atoms with Crippen LogP contribution in [0.1, 0.15) is 23.0 Å². The van der Waals surface area contributed by atoms with Crippen molar-refractivity contribution in [2.24, 2.45) is 7.05 Å². The van der Waals surface area contributed by atoms with Gasteiger partial charge in [0.05, 0.1) is 22.2 Å². The number of carbonyl (C=O) groups is 1. The van der Waals surface area contributed by atoms with Gasteiger partial charge in [-0.3, -0.25) is 0 Å². The van der Waals surface area contributed by atoms with Gasteiger partial charge < -0.3 is 14.4 Å². The normalized spacial score (nSPS) is 10.9. The molecule has 19 heavy (non-hydrogen) atoms. The molecule has 0 atom stereocenters. The van der Waals surface area contributed by atoms with Crippen LogP contribution in [0.15, 0.2) is 16.6 Å². The number of hydrogen-bond donors (Lipinski definition) is 1. The van der Waals surface area contributed by atoms with Gasteiger partial charge in [0.25, 0.3) is 0 Å². The number of halogens is 2. The van der Waals surface area contributed by atoms with Crippen LogP contribution in [0.5, 0.6) is 5.75 Å². The lowest BCUT2D eigenvalue weighted by atomic mass is 10.1. The Morgan fingerprint density at radius 1 is 1.47 bits per heavy atom. The van der Waals surface area contributed by atoms with Crippen molar-refractivity contribution in [3.05, 3.63) is 27.9 Å². The third kappa shape index (κ3) is 2.39. The highest BCUT2D eigenvalue weighted by Gasteiger charge is 2.21. The van der Waals surface area contributed by atoms with Gasteiger partial charge in [0.1, 0.15) is 5.75 Å². The summed E-state index contributed by atoms with van der Waals surface area (Å²) < 4.78 is 8.20. The number of ether oxygens (including phenoxy) is 1. The lowest BCUT2D eigenvalue weighted by Crippen LogP contribution is -2.02. The molecule has 0 aliphatic carbocycles. The van der Waals surface area contributed by atoms with Crippen molar-refractivity contribution in [2.45, 2.75) is 12.3 Å². The van der Waals surface area contributed by atoms with E-state index in [0.717, 1.165) is 15.7 Å². The molecule has 0 bridgehead atoms. The number of aromatic nitrogens is 1. The van der Waals surface area contributed by atoms with Crippen LogP contribution in [0.25, 0.3) is 10.9 Å². The average molecular weight is 391 g/mol. The van der Waals surface area contributed by atoms with Crippen LogP contribution in [0.3, 0.4) is 0 Å². The van der Waals surface area contributed by atoms with Crippen LogP contribution in [-0.2, 0) is 12.4 Å². The van der Waals surface area contributed by atoms with E-state index < -0.39 is 5.97 Å². The Balaban J connectivity index is 2.82. The molecule has 6 heteroatoms. The second-order valence-corrected chi connectivity index (χ2v) is 5.47. The van der Waals surface area contributed by atoms with Crippen LogP contribution in [0.4, 0.5) is 0 Å². The molecule has 1 aromatic carbocycles. The fourth-order valence-electron chi connectivity index (χ4n) is 2.15. The van der Waals surface area contributed by atoms with Crippen molar-refractivity contribution in [2.75, 3.05) is 6.61 Å². The highest BCUT2D eigenvalue weighted by molar-refractivity contribution is 9.10. The van der Waals surface area contributed by atoms with E-state index in [2.05, 4.69) is 31.9 Å². The molecule has 1 heterocycles. The Morgan fingerprint density at radius 2 is 2.16 bits per heavy atom. The van der Waals surface area contributed by atoms with Crippen molar-refractivity contribution >= 4 is 48.7 Å². The second kappa shape index (κ2) is 5.54. The molecule has 2 aromatic rings. The van der Waals surface area contributed by atoms with E-state index in [4.69, 9.17) is 4.74 Å². The van der Waals surface area contributed by atoms with Crippen molar-refractivity contribution in [1.29, 1.82) is 0 Å². The number of aromatic carboxylic acids is 1. The first-order chi connectivity index (χ1) is 9.01. The highest BCUT2D eigenvalue weighted by atomic mass is 79.9. The molecule has 0 spiro atoms. The summed E-state index contributed by atoms with van der Waals surface area (Å²) in [5, 5.41) is 10.6. The molecule has 0 aliphatic heterocycles. The molecule has 4 nitrogen and oxygen atoms in total. The van der Waals surface area contributed by atoms with E-state index in [9.17, 15) is 9.90 Å². The maximum absolute atomic E-state index is 11.5. The molecule has 0 aliphatic rings. The Kier molecular flexibility index (Phi) is 4.20. The quantitative estimate of drug-likeness (QED) is 0.804. The summed E-state index contributed by atoms with van der Waals surface area (Å²) in [5.74, 6) is -0.269. The van der Waals surface area contributed by atoms with Crippen LogP contribution < -0.4 is 4.74 Å². The Bertz CT molecular complexity index is 649. The minimum atomic E-state index is -0.926. The van der Waals surface area contributed by atoms with E-state index in [1.54, 1.807) is 6.07 Å². The van der Waals surface area contributed by atoms with Gasteiger partial charge in [-0.25, -0.2) is 4.79 Å². The summed E-state index contributed by atoms with van der Waals surface area (Å²) in [5.41, 5.74) is 1.92. The number of benzene rings is 1.